The van der Waals surface area contributed by atoms with E-state index in [4.69, 9.17) is 10.5 Å². The molecule has 0 saturated heterocycles. The molecule has 0 spiro atoms. The van der Waals surface area contributed by atoms with E-state index in [0.29, 0.717) is 11.1 Å². The topological polar surface area (TPSA) is 65.2 Å². The fourth-order valence-electron chi connectivity index (χ4n) is 1.41. The lowest BCUT2D eigenvalue weighted by Gasteiger charge is -2.11. The number of esters is 1. The molecule has 0 radical (unpaired) electrons. The molecule has 94 valence electrons. The highest BCUT2D eigenvalue weighted by atomic mass is 19.3. The van der Waals surface area contributed by atoms with E-state index in [9.17, 15) is 13.6 Å². The minimum Gasteiger partial charge on any atom is -0.461 e. The first-order valence-corrected chi connectivity index (χ1v) is 5.17. The maximum atomic E-state index is 12.6. The van der Waals surface area contributed by atoms with Crippen LogP contribution in [-0.2, 0) is 11.3 Å². The van der Waals surface area contributed by atoms with E-state index >= 15 is 0 Å². The van der Waals surface area contributed by atoms with Gasteiger partial charge in [-0.25, -0.2) is 18.6 Å². The third-order valence-corrected chi connectivity index (χ3v) is 2.31. The van der Waals surface area contributed by atoms with Crippen molar-refractivity contribution in [2.45, 2.75) is 26.8 Å². The molecule has 4 nitrogen and oxygen atoms in total. The average Bonchev–Trinajstić information content (AvgIpc) is 2.29. The zero-order valence-electron chi connectivity index (χ0n) is 9.67. The summed E-state index contributed by atoms with van der Waals surface area (Å²) in [6.45, 7) is 3.47. The normalized spacial score (nSPS) is 10.7. The van der Waals surface area contributed by atoms with Gasteiger partial charge in [0.1, 0.15) is 5.69 Å². The molecule has 1 heterocycles. The lowest BCUT2D eigenvalue weighted by molar-refractivity contribution is 0.0516. The minimum atomic E-state index is -2.74. The lowest BCUT2D eigenvalue weighted by Crippen LogP contribution is -2.14. The van der Waals surface area contributed by atoms with Crippen molar-refractivity contribution < 1.29 is 18.3 Å². The molecule has 1 aromatic rings. The fraction of sp³-hybridized carbons (Fsp3) is 0.455. The van der Waals surface area contributed by atoms with Crippen molar-refractivity contribution in [1.82, 2.24) is 4.98 Å². The van der Waals surface area contributed by atoms with E-state index in [0.717, 1.165) is 0 Å². The van der Waals surface area contributed by atoms with Gasteiger partial charge >= 0.3 is 5.97 Å². The number of alkyl halides is 2. The average molecular weight is 244 g/mol. The molecule has 0 aromatic carbocycles. The van der Waals surface area contributed by atoms with Gasteiger partial charge < -0.3 is 10.5 Å². The zero-order valence-corrected chi connectivity index (χ0v) is 9.67. The minimum absolute atomic E-state index is 0.0699. The number of halogens is 2. The molecule has 0 atom stereocenters. The molecule has 0 bridgehead atoms. The van der Waals surface area contributed by atoms with Crippen LogP contribution < -0.4 is 5.73 Å². The van der Waals surface area contributed by atoms with E-state index in [1.807, 2.05) is 0 Å². The van der Waals surface area contributed by atoms with Gasteiger partial charge in [0.15, 0.2) is 5.69 Å². The van der Waals surface area contributed by atoms with Crippen LogP contribution in [0.15, 0.2) is 6.07 Å². The summed E-state index contributed by atoms with van der Waals surface area (Å²) in [6, 6.07) is 1.21. The Hall–Kier alpha value is -1.56. The van der Waals surface area contributed by atoms with Gasteiger partial charge in [0.05, 0.1) is 6.61 Å². The molecule has 0 aliphatic carbocycles. The highest BCUT2D eigenvalue weighted by Crippen LogP contribution is 2.22. The first kappa shape index (κ1) is 13.5. The van der Waals surface area contributed by atoms with E-state index < -0.39 is 18.1 Å². The van der Waals surface area contributed by atoms with Crippen molar-refractivity contribution in [1.29, 1.82) is 0 Å². The first-order chi connectivity index (χ1) is 8.01. The van der Waals surface area contributed by atoms with E-state index in [-0.39, 0.29) is 18.8 Å². The maximum absolute atomic E-state index is 12.6. The Bertz CT molecular complexity index is 422. The summed E-state index contributed by atoms with van der Waals surface area (Å²) in [5.74, 6) is -0.706. The van der Waals surface area contributed by atoms with Crippen molar-refractivity contribution in [2.75, 3.05) is 6.61 Å². The Morgan fingerprint density at radius 3 is 2.71 bits per heavy atom. The molecular formula is C11H14F2N2O2. The molecule has 0 aliphatic heterocycles. The summed E-state index contributed by atoms with van der Waals surface area (Å²) in [6.07, 6.45) is -2.74. The summed E-state index contributed by atoms with van der Waals surface area (Å²) in [4.78, 5) is 15.2. The second kappa shape index (κ2) is 5.67. The lowest BCUT2D eigenvalue weighted by atomic mass is 10.1. The number of pyridine rings is 1. The van der Waals surface area contributed by atoms with E-state index in [2.05, 4.69) is 4.98 Å². The molecular weight excluding hydrogens is 230 g/mol. The number of carbonyl (C=O) groups is 1. The number of hydrogen-bond donors (Lipinski definition) is 1. The zero-order chi connectivity index (χ0) is 13.0. The third-order valence-electron chi connectivity index (χ3n) is 2.31. The van der Waals surface area contributed by atoms with Crippen LogP contribution in [0.3, 0.4) is 0 Å². The van der Waals surface area contributed by atoms with Crippen molar-refractivity contribution in [2.24, 2.45) is 5.73 Å². The number of nitrogens with two attached hydrogens (primary N) is 1. The summed E-state index contributed by atoms with van der Waals surface area (Å²) < 4.78 is 29.9. The Labute approximate surface area is 97.8 Å². The van der Waals surface area contributed by atoms with Crippen molar-refractivity contribution >= 4 is 5.97 Å². The Morgan fingerprint density at radius 1 is 1.59 bits per heavy atom. The largest absolute Gasteiger partial charge is 0.461 e. The Balaban J connectivity index is 3.27. The molecule has 17 heavy (non-hydrogen) atoms. The summed E-state index contributed by atoms with van der Waals surface area (Å²) >= 11 is 0. The van der Waals surface area contributed by atoms with Gasteiger partial charge in [-0.3, -0.25) is 0 Å². The number of hydrogen-bond acceptors (Lipinski definition) is 4. The van der Waals surface area contributed by atoms with Gasteiger partial charge in [0.2, 0.25) is 0 Å². The van der Waals surface area contributed by atoms with Gasteiger partial charge in [-0.1, -0.05) is 0 Å². The van der Waals surface area contributed by atoms with Crippen LogP contribution in [-0.4, -0.2) is 17.6 Å². The predicted octanol–water partition coefficient (Wildman–Crippen LogP) is 1.96. The molecule has 1 aromatic heterocycles. The molecule has 0 fully saturated rings. The van der Waals surface area contributed by atoms with Crippen LogP contribution in [0.4, 0.5) is 8.78 Å². The highest BCUT2D eigenvalue weighted by molar-refractivity contribution is 5.89. The number of rotatable bonds is 4. The van der Waals surface area contributed by atoms with Crippen molar-refractivity contribution in [3.8, 4) is 0 Å². The predicted molar refractivity (Wildman–Crippen MR) is 57.8 cm³/mol. The standard InChI is InChI=1S/C11H14F2N2O2/c1-3-17-11(16)9-6(2)7(5-14)4-8(15-9)10(12)13/h4,10H,3,5,14H2,1-2H3. The molecule has 0 amide bonds. The summed E-state index contributed by atoms with van der Waals surface area (Å²) in [7, 11) is 0. The van der Waals surface area contributed by atoms with Gasteiger partial charge in [-0.05, 0) is 31.0 Å². The molecule has 1 rings (SSSR count). The Morgan fingerprint density at radius 2 is 2.24 bits per heavy atom. The van der Waals surface area contributed by atoms with Gasteiger partial charge in [0, 0.05) is 6.54 Å². The van der Waals surface area contributed by atoms with Gasteiger partial charge in [-0.2, -0.15) is 0 Å². The van der Waals surface area contributed by atoms with Crippen LogP contribution in [0.25, 0.3) is 0 Å². The van der Waals surface area contributed by atoms with Crippen LogP contribution in [0.1, 0.15) is 40.7 Å². The smallest absolute Gasteiger partial charge is 0.357 e. The van der Waals surface area contributed by atoms with Crippen molar-refractivity contribution in [3.63, 3.8) is 0 Å². The number of aromatic nitrogens is 1. The van der Waals surface area contributed by atoms with Crippen LogP contribution >= 0.6 is 0 Å². The Kier molecular flexibility index (Phi) is 4.51. The van der Waals surface area contributed by atoms with Gasteiger partial charge in [-0.15, -0.1) is 0 Å². The van der Waals surface area contributed by atoms with Gasteiger partial charge in [0.25, 0.3) is 6.43 Å². The van der Waals surface area contributed by atoms with Crippen molar-refractivity contribution in [3.05, 3.63) is 28.6 Å². The van der Waals surface area contributed by atoms with Crippen LogP contribution in [0.2, 0.25) is 0 Å². The second-order valence-electron chi connectivity index (χ2n) is 3.41. The summed E-state index contributed by atoms with van der Waals surface area (Å²) in [5, 5.41) is 0. The van der Waals surface area contributed by atoms with E-state index in [1.54, 1.807) is 13.8 Å². The number of nitrogens with zero attached hydrogens (tertiary/aromatic N) is 1. The fourth-order valence-corrected chi connectivity index (χ4v) is 1.41. The third kappa shape index (κ3) is 2.97. The quantitative estimate of drug-likeness (QED) is 0.822. The van der Waals surface area contributed by atoms with Crippen LogP contribution in [0.5, 0.6) is 0 Å². The highest BCUT2D eigenvalue weighted by Gasteiger charge is 2.19. The molecule has 0 aliphatic rings. The maximum Gasteiger partial charge on any atom is 0.357 e. The first-order valence-electron chi connectivity index (χ1n) is 5.17. The number of carbonyl (C=O) groups excluding carboxylic acids is 1. The molecule has 0 saturated carbocycles. The number of ether oxygens (including phenoxy) is 1. The second-order valence-corrected chi connectivity index (χ2v) is 3.41. The van der Waals surface area contributed by atoms with Crippen LogP contribution in [0, 0.1) is 6.92 Å². The SMILES string of the molecule is CCOC(=O)c1nc(C(F)F)cc(CN)c1C. The molecule has 0 unspecified atom stereocenters. The summed E-state index contributed by atoms with van der Waals surface area (Å²) in [5.41, 5.74) is 5.84. The molecule has 6 heteroatoms. The van der Waals surface area contributed by atoms with E-state index in [1.165, 1.54) is 6.07 Å². The monoisotopic (exact) mass is 244 g/mol. The molecule has 2 N–H and O–H groups in total.